The molecular formula is C19H23N3O3. The number of nitrogens with one attached hydrogen (secondary N) is 2. The number of carbonyl (C=O) groups excluding carboxylic acids is 1. The van der Waals surface area contributed by atoms with Crippen molar-refractivity contribution in [3.8, 4) is 5.69 Å². The number of aromatic amines is 1. The highest BCUT2D eigenvalue weighted by molar-refractivity contribution is 5.95. The smallest absolute Gasteiger partial charge is 0.269 e. The lowest BCUT2D eigenvalue weighted by molar-refractivity contribution is 0.0881. The number of nitrogens with zero attached hydrogens (tertiary/aromatic N) is 1. The molecule has 6 nitrogen and oxygen atoms in total. The molecule has 0 aliphatic heterocycles. The van der Waals surface area contributed by atoms with Crippen LogP contribution in [0.15, 0.2) is 46.0 Å². The first-order chi connectivity index (χ1) is 11.9. The second-order valence-electron chi connectivity index (χ2n) is 7.19. The average molecular weight is 341 g/mol. The summed E-state index contributed by atoms with van der Waals surface area (Å²) in [7, 11) is 0. The SMILES string of the molecule is CC(C)(NC(=O)c1cccc(-n2[nH]c(=O)ccc2=O)c1)C1CCCC1. The van der Waals surface area contributed by atoms with Gasteiger partial charge in [-0.1, -0.05) is 18.9 Å². The number of amides is 1. The van der Waals surface area contributed by atoms with Gasteiger partial charge in [0.1, 0.15) is 0 Å². The van der Waals surface area contributed by atoms with E-state index in [1.54, 1.807) is 24.3 Å². The first-order valence-electron chi connectivity index (χ1n) is 8.62. The molecule has 1 aliphatic carbocycles. The van der Waals surface area contributed by atoms with Crippen molar-refractivity contribution in [2.24, 2.45) is 5.92 Å². The van der Waals surface area contributed by atoms with Gasteiger partial charge in [-0.2, -0.15) is 0 Å². The number of carbonyl (C=O) groups is 1. The number of hydrogen-bond acceptors (Lipinski definition) is 3. The standard InChI is InChI=1S/C19H23N3O3/c1-19(2,14-7-3-4-8-14)20-18(25)13-6-5-9-15(12-13)22-17(24)11-10-16(23)21-22/h5-6,9-12,14H,3-4,7-8H2,1-2H3,(H,20,25)(H,21,23). The third-order valence-electron chi connectivity index (χ3n) is 5.00. The third kappa shape index (κ3) is 3.73. The quantitative estimate of drug-likeness (QED) is 0.894. The fourth-order valence-corrected chi connectivity index (χ4v) is 3.52. The molecule has 1 aromatic carbocycles. The Kier molecular flexibility index (Phi) is 4.61. The maximum absolute atomic E-state index is 12.7. The molecular weight excluding hydrogens is 318 g/mol. The molecule has 0 unspecified atom stereocenters. The van der Waals surface area contributed by atoms with Gasteiger partial charge in [-0.25, -0.2) is 4.68 Å². The van der Waals surface area contributed by atoms with Crippen LogP contribution in [0, 0.1) is 5.92 Å². The molecule has 0 radical (unpaired) electrons. The molecule has 25 heavy (non-hydrogen) atoms. The molecule has 0 spiro atoms. The molecule has 6 heteroatoms. The van der Waals surface area contributed by atoms with Gasteiger partial charge in [0, 0.05) is 23.2 Å². The minimum Gasteiger partial charge on any atom is -0.347 e. The highest BCUT2D eigenvalue weighted by atomic mass is 16.2. The number of rotatable bonds is 4. The largest absolute Gasteiger partial charge is 0.347 e. The van der Waals surface area contributed by atoms with Crippen molar-refractivity contribution >= 4 is 5.91 Å². The van der Waals surface area contributed by atoms with Crippen LogP contribution in [0.3, 0.4) is 0 Å². The highest BCUT2D eigenvalue weighted by Crippen LogP contribution is 2.33. The van der Waals surface area contributed by atoms with E-state index in [4.69, 9.17) is 0 Å². The summed E-state index contributed by atoms with van der Waals surface area (Å²) >= 11 is 0. The topological polar surface area (TPSA) is 84.0 Å². The maximum atomic E-state index is 12.7. The van der Waals surface area contributed by atoms with Crippen molar-refractivity contribution < 1.29 is 4.79 Å². The summed E-state index contributed by atoms with van der Waals surface area (Å²) in [6, 6.07) is 9.07. The van der Waals surface area contributed by atoms with Crippen molar-refractivity contribution in [1.82, 2.24) is 15.1 Å². The normalized spacial score (nSPS) is 15.3. The van der Waals surface area contributed by atoms with Crippen molar-refractivity contribution in [1.29, 1.82) is 0 Å². The Balaban J connectivity index is 1.86. The second kappa shape index (κ2) is 6.70. The molecule has 1 aromatic heterocycles. The van der Waals surface area contributed by atoms with E-state index in [9.17, 15) is 14.4 Å². The van der Waals surface area contributed by atoms with Gasteiger partial charge < -0.3 is 5.32 Å². The molecule has 1 fully saturated rings. The third-order valence-corrected chi connectivity index (χ3v) is 5.00. The van der Waals surface area contributed by atoms with Crippen LogP contribution in [0.4, 0.5) is 0 Å². The van der Waals surface area contributed by atoms with E-state index in [0.717, 1.165) is 17.5 Å². The Morgan fingerprint density at radius 1 is 1.16 bits per heavy atom. The van der Waals surface area contributed by atoms with Crippen LogP contribution in [0.25, 0.3) is 5.69 Å². The van der Waals surface area contributed by atoms with E-state index in [2.05, 4.69) is 24.3 Å². The summed E-state index contributed by atoms with van der Waals surface area (Å²) in [5, 5.41) is 5.59. The van der Waals surface area contributed by atoms with E-state index >= 15 is 0 Å². The summed E-state index contributed by atoms with van der Waals surface area (Å²) in [4.78, 5) is 36.1. The highest BCUT2D eigenvalue weighted by Gasteiger charge is 2.33. The molecule has 0 bridgehead atoms. The Labute approximate surface area is 145 Å². The molecule has 1 saturated carbocycles. The van der Waals surface area contributed by atoms with Crippen LogP contribution in [-0.2, 0) is 0 Å². The number of aromatic nitrogens is 2. The minimum absolute atomic E-state index is 0.176. The van der Waals surface area contributed by atoms with Crippen LogP contribution >= 0.6 is 0 Å². The second-order valence-corrected chi connectivity index (χ2v) is 7.19. The average Bonchev–Trinajstić information content (AvgIpc) is 3.12. The predicted octanol–water partition coefficient (Wildman–Crippen LogP) is 2.22. The predicted molar refractivity (Wildman–Crippen MR) is 96.2 cm³/mol. The van der Waals surface area contributed by atoms with Crippen LogP contribution in [0.2, 0.25) is 0 Å². The van der Waals surface area contributed by atoms with Gasteiger partial charge in [0.2, 0.25) is 0 Å². The van der Waals surface area contributed by atoms with Crippen molar-refractivity contribution in [2.45, 2.75) is 45.1 Å². The zero-order chi connectivity index (χ0) is 18.0. The van der Waals surface area contributed by atoms with Gasteiger partial charge >= 0.3 is 0 Å². The van der Waals surface area contributed by atoms with E-state index in [1.807, 2.05) is 0 Å². The number of benzene rings is 1. The van der Waals surface area contributed by atoms with Gasteiger partial charge in [0.25, 0.3) is 17.0 Å². The van der Waals surface area contributed by atoms with Gasteiger partial charge in [0.05, 0.1) is 5.69 Å². The Morgan fingerprint density at radius 3 is 2.60 bits per heavy atom. The molecule has 1 amide bonds. The summed E-state index contributed by atoms with van der Waals surface area (Å²) in [6.07, 6.45) is 4.69. The van der Waals surface area contributed by atoms with E-state index in [-0.39, 0.29) is 22.6 Å². The summed E-state index contributed by atoms with van der Waals surface area (Å²) in [5.41, 5.74) is -0.101. The van der Waals surface area contributed by atoms with Gasteiger partial charge in [-0.3, -0.25) is 19.5 Å². The maximum Gasteiger partial charge on any atom is 0.269 e. The zero-order valence-corrected chi connectivity index (χ0v) is 14.5. The molecule has 0 saturated heterocycles. The lowest BCUT2D eigenvalue weighted by atomic mass is 9.86. The van der Waals surface area contributed by atoms with Crippen LogP contribution in [0.1, 0.15) is 49.9 Å². The van der Waals surface area contributed by atoms with Crippen molar-refractivity contribution in [3.05, 3.63) is 62.7 Å². The van der Waals surface area contributed by atoms with Crippen LogP contribution in [-0.4, -0.2) is 21.2 Å². The summed E-state index contributed by atoms with van der Waals surface area (Å²) in [5.74, 6) is 0.304. The van der Waals surface area contributed by atoms with E-state index in [1.165, 1.54) is 25.0 Å². The number of hydrogen-bond donors (Lipinski definition) is 2. The lowest BCUT2D eigenvalue weighted by Gasteiger charge is -2.32. The van der Waals surface area contributed by atoms with Crippen LogP contribution in [0.5, 0.6) is 0 Å². The molecule has 1 aliphatic rings. The van der Waals surface area contributed by atoms with E-state index < -0.39 is 0 Å². The minimum atomic E-state index is -0.378. The summed E-state index contributed by atoms with van der Waals surface area (Å²) < 4.78 is 1.14. The van der Waals surface area contributed by atoms with Gasteiger partial charge in [0.15, 0.2) is 0 Å². The summed E-state index contributed by atoms with van der Waals surface area (Å²) in [6.45, 7) is 4.12. The molecule has 1 heterocycles. The number of H-pyrrole nitrogens is 1. The van der Waals surface area contributed by atoms with Crippen molar-refractivity contribution in [2.75, 3.05) is 0 Å². The van der Waals surface area contributed by atoms with E-state index in [0.29, 0.717) is 17.2 Å². The lowest BCUT2D eigenvalue weighted by Crippen LogP contribution is -2.48. The first kappa shape index (κ1) is 17.2. The molecule has 132 valence electrons. The first-order valence-corrected chi connectivity index (χ1v) is 8.62. The Bertz CT molecular complexity index is 889. The Hall–Kier alpha value is -2.63. The molecule has 2 aromatic rings. The molecule has 0 atom stereocenters. The zero-order valence-electron chi connectivity index (χ0n) is 14.5. The monoisotopic (exact) mass is 341 g/mol. The Morgan fingerprint density at radius 2 is 1.88 bits per heavy atom. The van der Waals surface area contributed by atoms with Gasteiger partial charge in [-0.15, -0.1) is 0 Å². The molecule has 2 N–H and O–H groups in total. The fraction of sp³-hybridized carbons (Fsp3) is 0.421. The van der Waals surface area contributed by atoms with Crippen LogP contribution < -0.4 is 16.4 Å². The van der Waals surface area contributed by atoms with Gasteiger partial charge in [-0.05, 0) is 50.8 Å². The fourth-order valence-electron chi connectivity index (χ4n) is 3.52. The van der Waals surface area contributed by atoms with Crippen molar-refractivity contribution in [3.63, 3.8) is 0 Å². The molecule has 3 rings (SSSR count).